The molecule has 0 saturated carbocycles. The number of hydrogen-bond donors (Lipinski definition) is 1. The number of anilines is 1. The number of nitrogens with zero attached hydrogens (tertiary/aromatic N) is 1. The van der Waals surface area contributed by atoms with Gasteiger partial charge in [0, 0.05) is 34.7 Å². The van der Waals surface area contributed by atoms with Crippen LogP contribution in [-0.2, 0) is 0 Å². The van der Waals surface area contributed by atoms with Gasteiger partial charge in [0.15, 0.2) is 0 Å². The maximum absolute atomic E-state index is 3.77. The molecule has 0 spiro atoms. The van der Waals surface area contributed by atoms with Crippen LogP contribution in [0.25, 0.3) is 10.8 Å². The third-order valence-electron chi connectivity index (χ3n) is 4.36. The third-order valence-corrected chi connectivity index (χ3v) is 5.05. The third kappa shape index (κ3) is 3.41. The van der Waals surface area contributed by atoms with E-state index in [4.69, 9.17) is 0 Å². The highest BCUT2D eigenvalue weighted by Gasteiger charge is 2.18. The predicted octanol–water partition coefficient (Wildman–Crippen LogP) is 4.89. The molecule has 112 valence electrons. The van der Waals surface area contributed by atoms with Gasteiger partial charge in [-0.25, -0.2) is 0 Å². The van der Waals surface area contributed by atoms with Gasteiger partial charge in [-0.1, -0.05) is 47.1 Å². The van der Waals surface area contributed by atoms with Crippen molar-refractivity contribution in [3.8, 4) is 0 Å². The van der Waals surface area contributed by atoms with Crippen molar-refractivity contribution >= 4 is 32.4 Å². The zero-order chi connectivity index (χ0) is 14.7. The number of benzene rings is 2. The highest BCUT2D eigenvalue weighted by Crippen LogP contribution is 2.31. The van der Waals surface area contributed by atoms with E-state index in [1.807, 2.05) is 0 Å². The monoisotopic (exact) mass is 346 g/mol. The molecule has 0 amide bonds. The van der Waals surface area contributed by atoms with Crippen LogP contribution in [0.15, 0.2) is 40.9 Å². The van der Waals surface area contributed by atoms with Gasteiger partial charge in [0.2, 0.25) is 0 Å². The van der Waals surface area contributed by atoms with Crippen molar-refractivity contribution < 1.29 is 0 Å². The molecule has 0 aromatic heterocycles. The van der Waals surface area contributed by atoms with E-state index in [-0.39, 0.29) is 0 Å². The fraction of sp³-hybridized carbons (Fsp3) is 0.444. The van der Waals surface area contributed by atoms with Crippen LogP contribution in [-0.4, -0.2) is 30.6 Å². The van der Waals surface area contributed by atoms with Gasteiger partial charge in [0.05, 0.1) is 0 Å². The standard InChI is InChI=1S/C18H23BrN2/c1-2-11-21-12-9-14(10-13-21)20-18-8-7-17(19)15-5-3-4-6-16(15)18/h3-8,14,20H,2,9-13H2,1H3. The molecule has 1 heterocycles. The summed E-state index contributed by atoms with van der Waals surface area (Å²) in [5.74, 6) is 0. The summed E-state index contributed by atoms with van der Waals surface area (Å²) >= 11 is 3.65. The summed E-state index contributed by atoms with van der Waals surface area (Å²) in [5, 5.41) is 6.36. The molecular weight excluding hydrogens is 324 g/mol. The van der Waals surface area contributed by atoms with Crippen molar-refractivity contribution in [2.24, 2.45) is 0 Å². The Morgan fingerprint density at radius 3 is 2.52 bits per heavy atom. The van der Waals surface area contributed by atoms with Crippen molar-refractivity contribution in [1.29, 1.82) is 0 Å². The summed E-state index contributed by atoms with van der Waals surface area (Å²) < 4.78 is 1.17. The van der Waals surface area contributed by atoms with E-state index < -0.39 is 0 Å². The first-order valence-corrected chi connectivity index (χ1v) is 8.73. The number of fused-ring (bicyclic) bond motifs is 1. The maximum Gasteiger partial charge on any atom is 0.0422 e. The molecule has 1 fully saturated rings. The van der Waals surface area contributed by atoms with Crippen molar-refractivity contribution in [1.82, 2.24) is 4.90 Å². The minimum Gasteiger partial charge on any atom is -0.382 e. The van der Waals surface area contributed by atoms with Crippen molar-refractivity contribution in [3.63, 3.8) is 0 Å². The molecule has 1 aliphatic rings. The second-order valence-corrected chi connectivity index (χ2v) is 6.76. The van der Waals surface area contributed by atoms with Crippen LogP contribution >= 0.6 is 15.9 Å². The average molecular weight is 347 g/mol. The van der Waals surface area contributed by atoms with Gasteiger partial charge >= 0.3 is 0 Å². The summed E-state index contributed by atoms with van der Waals surface area (Å²) in [7, 11) is 0. The Hall–Kier alpha value is -1.06. The van der Waals surface area contributed by atoms with Crippen LogP contribution in [0.1, 0.15) is 26.2 Å². The number of nitrogens with one attached hydrogen (secondary N) is 1. The minimum atomic E-state index is 0.600. The van der Waals surface area contributed by atoms with E-state index in [0.29, 0.717) is 6.04 Å². The lowest BCUT2D eigenvalue weighted by molar-refractivity contribution is 0.219. The van der Waals surface area contributed by atoms with Gasteiger partial charge in [-0.15, -0.1) is 0 Å². The SMILES string of the molecule is CCCN1CCC(Nc2ccc(Br)c3ccccc23)CC1. The Kier molecular flexibility index (Phi) is 4.81. The van der Waals surface area contributed by atoms with Crippen LogP contribution in [0.3, 0.4) is 0 Å². The molecule has 2 nitrogen and oxygen atoms in total. The molecule has 2 aromatic carbocycles. The Balaban J connectivity index is 1.73. The smallest absolute Gasteiger partial charge is 0.0422 e. The van der Waals surface area contributed by atoms with Crippen LogP contribution in [0.2, 0.25) is 0 Å². The number of hydrogen-bond acceptors (Lipinski definition) is 2. The highest BCUT2D eigenvalue weighted by atomic mass is 79.9. The molecule has 1 saturated heterocycles. The zero-order valence-electron chi connectivity index (χ0n) is 12.6. The summed E-state index contributed by atoms with van der Waals surface area (Å²) in [6, 6.07) is 13.5. The lowest BCUT2D eigenvalue weighted by Gasteiger charge is -2.32. The summed E-state index contributed by atoms with van der Waals surface area (Å²) in [6.45, 7) is 5.95. The molecule has 1 N–H and O–H groups in total. The van der Waals surface area contributed by atoms with E-state index in [9.17, 15) is 0 Å². The van der Waals surface area contributed by atoms with Gasteiger partial charge in [-0.05, 0) is 43.3 Å². The molecule has 0 bridgehead atoms. The summed E-state index contributed by atoms with van der Waals surface area (Å²) in [6.07, 6.45) is 3.74. The maximum atomic E-state index is 3.77. The van der Waals surface area contributed by atoms with E-state index in [1.54, 1.807) is 0 Å². The molecule has 2 aromatic rings. The molecule has 3 heteroatoms. The number of likely N-dealkylation sites (tertiary alicyclic amines) is 1. The lowest BCUT2D eigenvalue weighted by atomic mass is 10.0. The van der Waals surface area contributed by atoms with Crippen LogP contribution < -0.4 is 5.32 Å². The highest BCUT2D eigenvalue weighted by molar-refractivity contribution is 9.10. The minimum absolute atomic E-state index is 0.600. The summed E-state index contributed by atoms with van der Waals surface area (Å²) in [5.41, 5.74) is 1.27. The van der Waals surface area contributed by atoms with Crippen molar-refractivity contribution in [2.75, 3.05) is 25.0 Å². The van der Waals surface area contributed by atoms with E-state index in [1.165, 1.54) is 59.8 Å². The quantitative estimate of drug-likeness (QED) is 0.847. The largest absolute Gasteiger partial charge is 0.382 e. The fourth-order valence-corrected chi connectivity index (χ4v) is 3.70. The Morgan fingerprint density at radius 2 is 1.81 bits per heavy atom. The number of halogens is 1. The Bertz CT molecular complexity index is 603. The average Bonchev–Trinajstić information content (AvgIpc) is 2.52. The second kappa shape index (κ2) is 6.80. The van der Waals surface area contributed by atoms with Crippen LogP contribution in [0.5, 0.6) is 0 Å². The summed E-state index contributed by atoms with van der Waals surface area (Å²) in [4.78, 5) is 2.58. The molecule has 0 unspecified atom stereocenters. The fourth-order valence-electron chi connectivity index (χ4n) is 3.23. The first-order chi connectivity index (χ1) is 10.3. The lowest BCUT2D eigenvalue weighted by Crippen LogP contribution is -2.39. The second-order valence-electron chi connectivity index (χ2n) is 5.90. The molecule has 0 aliphatic carbocycles. The first-order valence-electron chi connectivity index (χ1n) is 7.94. The van der Waals surface area contributed by atoms with Crippen LogP contribution in [0.4, 0.5) is 5.69 Å². The molecule has 1 aliphatic heterocycles. The normalized spacial score (nSPS) is 17.2. The molecule has 0 atom stereocenters. The van der Waals surface area contributed by atoms with Crippen LogP contribution in [0, 0.1) is 0 Å². The van der Waals surface area contributed by atoms with Gasteiger partial charge < -0.3 is 10.2 Å². The molecule has 21 heavy (non-hydrogen) atoms. The van der Waals surface area contributed by atoms with E-state index in [0.717, 1.165) is 0 Å². The van der Waals surface area contributed by atoms with E-state index in [2.05, 4.69) is 69.5 Å². The molecular formula is C18H23BrN2. The zero-order valence-corrected chi connectivity index (χ0v) is 14.2. The molecule has 0 radical (unpaired) electrons. The van der Waals surface area contributed by atoms with E-state index >= 15 is 0 Å². The van der Waals surface area contributed by atoms with Gasteiger partial charge in [-0.3, -0.25) is 0 Å². The topological polar surface area (TPSA) is 15.3 Å². The molecule has 3 rings (SSSR count). The van der Waals surface area contributed by atoms with Gasteiger partial charge in [0.25, 0.3) is 0 Å². The van der Waals surface area contributed by atoms with Crippen molar-refractivity contribution in [2.45, 2.75) is 32.2 Å². The van der Waals surface area contributed by atoms with Gasteiger partial charge in [0.1, 0.15) is 0 Å². The Labute approximate surface area is 135 Å². The number of rotatable bonds is 4. The van der Waals surface area contributed by atoms with Crippen molar-refractivity contribution in [3.05, 3.63) is 40.9 Å². The Morgan fingerprint density at radius 1 is 1.10 bits per heavy atom. The first kappa shape index (κ1) is 14.9. The number of piperidine rings is 1. The predicted molar refractivity (Wildman–Crippen MR) is 95.0 cm³/mol. The van der Waals surface area contributed by atoms with Gasteiger partial charge in [-0.2, -0.15) is 0 Å².